The lowest BCUT2D eigenvalue weighted by Gasteiger charge is -2.18. The summed E-state index contributed by atoms with van der Waals surface area (Å²) in [5, 5.41) is 10.3. The third-order valence-corrected chi connectivity index (χ3v) is 4.46. The highest BCUT2D eigenvalue weighted by Gasteiger charge is 2.17. The van der Waals surface area contributed by atoms with Gasteiger partial charge in [-0.3, -0.25) is 10.1 Å². The van der Waals surface area contributed by atoms with Crippen LogP contribution < -0.4 is 14.8 Å². The predicted octanol–water partition coefficient (Wildman–Crippen LogP) is 3.48. The second-order valence-electron chi connectivity index (χ2n) is 4.83. The molecule has 0 bridgehead atoms. The molecule has 4 rings (SSSR count). The molecule has 122 valence electrons. The summed E-state index contributed by atoms with van der Waals surface area (Å²) in [5.41, 5.74) is 0.673. The van der Waals surface area contributed by atoms with Crippen molar-refractivity contribution in [3.05, 3.63) is 39.5 Å². The number of hydrogen-bond donors (Lipinski definition) is 1. The monoisotopic (exact) mass is 363 g/mol. The van der Waals surface area contributed by atoms with Gasteiger partial charge in [0, 0.05) is 5.56 Å². The van der Waals surface area contributed by atoms with E-state index in [9.17, 15) is 4.79 Å². The van der Waals surface area contributed by atoms with Crippen LogP contribution in [0, 0.1) is 0 Å². The molecule has 2 aromatic heterocycles. The van der Waals surface area contributed by atoms with Crippen molar-refractivity contribution in [3.63, 3.8) is 0 Å². The Morgan fingerprint density at radius 3 is 2.75 bits per heavy atom. The maximum absolute atomic E-state index is 12.0. The van der Waals surface area contributed by atoms with Crippen LogP contribution in [0.2, 0.25) is 4.34 Å². The van der Waals surface area contributed by atoms with Gasteiger partial charge in [0.1, 0.15) is 13.2 Å². The van der Waals surface area contributed by atoms with Crippen molar-refractivity contribution < 1.29 is 18.7 Å². The first-order chi connectivity index (χ1) is 11.7. The Labute approximate surface area is 145 Å². The van der Waals surface area contributed by atoms with E-state index in [2.05, 4.69) is 15.5 Å². The number of rotatable bonds is 3. The van der Waals surface area contributed by atoms with Gasteiger partial charge in [0.25, 0.3) is 5.91 Å². The van der Waals surface area contributed by atoms with Crippen molar-refractivity contribution in [1.82, 2.24) is 10.2 Å². The number of nitrogens with one attached hydrogen (secondary N) is 1. The number of nitrogens with zero attached hydrogens (tertiary/aromatic N) is 2. The maximum Gasteiger partial charge on any atom is 0.322 e. The molecule has 0 spiro atoms. The minimum Gasteiger partial charge on any atom is -0.486 e. The van der Waals surface area contributed by atoms with E-state index < -0.39 is 0 Å². The summed E-state index contributed by atoms with van der Waals surface area (Å²) in [4.78, 5) is 12.5. The molecule has 1 aliphatic heterocycles. The quantitative estimate of drug-likeness (QED) is 0.766. The fraction of sp³-hybridized carbons (Fsp3) is 0.133. The van der Waals surface area contributed by atoms with E-state index in [4.69, 9.17) is 25.5 Å². The summed E-state index contributed by atoms with van der Waals surface area (Å²) in [6.07, 6.45) is 0. The van der Waals surface area contributed by atoms with Crippen LogP contribution in [0.5, 0.6) is 11.5 Å². The van der Waals surface area contributed by atoms with Crippen molar-refractivity contribution in [1.29, 1.82) is 0 Å². The van der Waals surface area contributed by atoms with Crippen molar-refractivity contribution in [2.75, 3.05) is 18.5 Å². The predicted molar refractivity (Wildman–Crippen MR) is 88.0 cm³/mol. The molecule has 7 nitrogen and oxygen atoms in total. The number of aromatic nitrogens is 2. The number of hydrogen-bond acceptors (Lipinski definition) is 7. The van der Waals surface area contributed by atoms with Crippen LogP contribution in [-0.4, -0.2) is 29.3 Å². The maximum atomic E-state index is 12.0. The second kappa shape index (κ2) is 6.14. The average Bonchev–Trinajstić information content (AvgIpc) is 3.23. The number of thiophene rings is 1. The van der Waals surface area contributed by atoms with Crippen molar-refractivity contribution in [2.24, 2.45) is 0 Å². The van der Waals surface area contributed by atoms with Crippen LogP contribution >= 0.6 is 22.9 Å². The van der Waals surface area contributed by atoms with Gasteiger partial charge >= 0.3 is 6.01 Å². The second-order valence-corrected chi connectivity index (χ2v) is 6.54. The Bertz CT molecular complexity index is 908. The van der Waals surface area contributed by atoms with Gasteiger partial charge in [0.2, 0.25) is 5.89 Å². The molecule has 1 amide bonds. The zero-order chi connectivity index (χ0) is 16.5. The van der Waals surface area contributed by atoms with E-state index in [-0.39, 0.29) is 17.8 Å². The summed E-state index contributed by atoms with van der Waals surface area (Å²) < 4.78 is 17.0. The highest BCUT2D eigenvalue weighted by atomic mass is 35.5. The Kier molecular flexibility index (Phi) is 3.83. The topological polar surface area (TPSA) is 86.5 Å². The lowest BCUT2D eigenvalue weighted by molar-refractivity contribution is 0.102. The molecule has 0 unspecified atom stereocenters. The molecular formula is C15H10ClN3O4S. The van der Waals surface area contributed by atoms with Gasteiger partial charge in [-0.1, -0.05) is 16.7 Å². The Morgan fingerprint density at radius 2 is 1.96 bits per heavy atom. The third-order valence-electron chi connectivity index (χ3n) is 3.23. The molecule has 0 saturated heterocycles. The van der Waals surface area contributed by atoms with Gasteiger partial charge in [0.05, 0.1) is 9.21 Å². The first-order valence-corrected chi connectivity index (χ1v) is 8.19. The minimum absolute atomic E-state index is 0.00871. The van der Waals surface area contributed by atoms with Gasteiger partial charge in [0.15, 0.2) is 11.5 Å². The third kappa shape index (κ3) is 2.93. The van der Waals surface area contributed by atoms with Crippen LogP contribution in [0.1, 0.15) is 9.67 Å². The fourth-order valence-electron chi connectivity index (χ4n) is 2.16. The number of ether oxygens (including phenoxy) is 2. The molecule has 1 N–H and O–H groups in total. The van der Waals surface area contributed by atoms with Gasteiger partial charge in [-0.25, -0.2) is 0 Å². The zero-order valence-electron chi connectivity index (χ0n) is 12.1. The van der Waals surface area contributed by atoms with Crippen LogP contribution in [0.3, 0.4) is 0 Å². The van der Waals surface area contributed by atoms with Crippen LogP contribution in [-0.2, 0) is 0 Å². The van der Waals surface area contributed by atoms with E-state index in [0.29, 0.717) is 39.5 Å². The SMILES string of the molecule is O=C(Nc1nnc(-c2ccc3c(c2)OCCO3)o1)c1ccc(Cl)s1. The Hall–Kier alpha value is -2.58. The lowest BCUT2D eigenvalue weighted by atomic mass is 10.2. The average molecular weight is 364 g/mol. The molecule has 0 atom stereocenters. The first kappa shape index (κ1) is 15.0. The summed E-state index contributed by atoms with van der Waals surface area (Å²) in [5.74, 6) is 1.21. The molecule has 0 aliphatic carbocycles. The Balaban J connectivity index is 1.53. The largest absolute Gasteiger partial charge is 0.486 e. The molecule has 24 heavy (non-hydrogen) atoms. The summed E-state index contributed by atoms with van der Waals surface area (Å²) >= 11 is 6.98. The molecular weight excluding hydrogens is 354 g/mol. The summed E-state index contributed by atoms with van der Waals surface area (Å²) in [6, 6.07) is 8.60. The lowest BCUT2D eigenvalue weighted by Crippen LogP contribution is -2.15. The summed E-state index contributed by atoms with van der Waals surface area (Å²) in [7, 11) is 0. The molecule has 3 aromatic rings. The Morgan fingerprint density at radius 1 is 1.12 bits per heavy atom. The van der Waals surface area contributed by atoms with Crippen molar-refractivity contribution in [2.45, 2.75) is 0 Å². The molecule has 0 saturated carbocycles. The van der Waals surface area contributed by atoms with Gasteiger partial charge in [-0.2, -0.15) is 0 Å². The standard InChI is InChI=1S/C15H10ClN3O4S/c16-12-4-3-11(24-12)13(20)17-15-19-18-14(23-15)8-1-2-9-10(7-8)22-6-5-21-9/h1-4,7H,5-6H2,(H,17,19,20). The minimum atomic E-state index is -0.357. The molecule has 1 aromatic carbocycles. The van der Waals surface area contributed by atoms with Crippen LogP contribution in [0.4, 0.5) is 6.01 Å². The van der Waals surface area contributed by atoms with Gasteiger partial charge in [-0.05, 0) is 30.3 Å². The number of halogens is 1. The van der Waals surface area contributed by atoms with E-state index in [0.717, 1.165) is 0 Å². The molecule has 1 aliphatic rings. The smallest absolute Gasteiger partial charge is 0.322 e. The number of fused-ring (bicyclic) bond motifs is 1. The van der Waals surface area contributed by atoms with Gasteiger partial charge < -0.3 is 13.9 Å². The highest BCUT2D eigenvalue weighted by molar-refractivity contribution is 7.18. The van der Waals surface area contributed by atoms with E-state index in [1.807, 2.05) is 0 Å². The van der Waals surface area contributed by atoms with E-state index >= 15 is 0 Å². The van der Waals surface area contributed by atoms with Gasteiger partial charge in [-0.15, -0.1) is 16.4 Å². The number of anilines is 1. The molecule has 3 heterocycles. The van der Waals surface area contributed by atoms with Crippen molar-refractivity contribution >= 4 is 34.9 Å². The first-order valence-electron chi connectivity index (χ1n) is 6.99. The normalized spacial score (nSPS) is 12.9. The van der Waals surface area contributed by atoms with Crippen molar-refractivity contribution in [3.8, 4) is 23.0 Å². The number of benzene rings is 1. The van der Waals surface area contributed by atoms with Crippen LogP contribution in [0.25, 0.3) is 11.5 Å². The molecule has 0 radical (unpaired) electrons. The van der Waals surface area contributed by atoms with E-state index in [1.165, 1.54) is 11.3 Å². The number of carbonyl (C=O) groups is 1. The summed E-state index contributed by atoms with van der Waals surface area (Å²) in [6.45, 7) is 1.01. The zero-order valence-corrected chi connectivity index (χ0v) is 13.7. The number of amides is 1. The molecule has 9 heteroatoms. The highest BCUT2D eigenvalue weighted by Crippen LogP contribution is 2.34. The fourth-order valence-corrected chi connectivity index (χ4v) is 3.10. The number of carbonyl (C=O) groups excluding carboxylic acids is 1. The molecule has 0 fully saturated rings. The van der Waals surface area contributed by atoms with E-state index in [1.54, 1.807) is 30.3 Å². The van der Waals surface area contributed by atoms with Crippen LogP contribution in [0.15, 0.2) is 34.7 Å².